The molecular weight excluding hydrogens is 240 g/mol. The van der Waals surface area contributed by atoms with E-state index in [1.165, 1.54) is 11.3 Å². The van der Waals surface area contributed by atoms with Crippen molar-refractivity contribution < 1.29 is 9.47 Å². The molecule has 0 radical (unpaired) electrons. The predicted molar refractivity (Wildman–Crippen MR) is 78.1 cm³/mol. The van der Waals surface area contributed by atoms with Crippen molar-refractivity contribution in [2.24, 2.45) is 0 Å². The number of ether oxygens (including phenoxy) is 2. The molecule has 0 saturated carbocycles. The van der Waals surface area contributed by atoms with Gasteiger partial charge in [-0.2, -0.15) is 0 Å². The first-order valence-corrected chi connectivity index (χ1v) is 7.04. The quantitative estimate of drug-likeness (QED) is 0.852. The van der Waals surface area contributed by atoms with Gasteiger partial charge in [0.2, 0.25) is 0 Å². The van der Waals surface area contributed by atoms with Crippen LogP contribution in [0.25, 0.3) is 0 Å². The van der Waals surface area contributed by atoms with Gasteiger partial charge in [-0.1, -0.05) is 6.92 Å². The Bertz CT molecular complexity index is 390. The second-order valence-electron chi connectivity index (χ2n) is 4.76. The van der Waals surface area contributed by atoms with Crippen LogP contribution in [0.15, 0.2) is 18.2 Å². The minimum atomic E-state index is 0.864. The predicted octanol–water partition coefficient (Wildman–Crippen LogP) is 2.00. The number of rotatable bonds is 6. The number of hydrogen-bond acceptors (Lipinski definition) is 4. The molecule has 1 heterocycles. The molecule has 0 aliphatic carbocycles. The van der Waals surface area contributed by atoms with Gasteiger partial charge in [0.25, 0.3) is 0 Å². The third-order valence-corrected chi connectivity index (χ3v) is 3.52. The van der Waals surface area contributed by atoms with Crippen LogP contribution in [0.5, 0.6) is 5.75 Å². The summed E-state index contributed by atoms with van der Waals surface area (Å²) >= 11 is 0. The SMILES string of the molecule is CCc1cc(NCCN2CCOCC2)ccc1OC. The maximum atomic E-state index is 5.34. The number of benzene rings is 1. The van der Waals surface area contributed by atoms with E-state index >= 15 is 0 Å². The summed E-state index contributed by atoms with van der Waals surface area (Å²) in [7, 11) is 1.72. The molecule has 19 heavy (non-hydrogen) atoms. The summed E-state index contributed by atoms with van der Waals surface area (Å²) in [5.74, 6) is 0.973. The van der Waals surface area contributed by atoms with E-state index in [-0.39, 0.29) is 0 Å². The van der Waals surface area contributed by atoms with Crippen molar-refractivity contribution in [3.63, 3.8) is 0 Å². The van der Waals surface area contributed by atoms with E-state index in [0.29, 0.717) is 0 Å². The highest BCUT2D eigenvalue weighted by atomic mass is 16.5. The first kappa shape index (κ1) is 14.2. The normalized spacial score (nSPS) is 16.3. The van der Waals surface area contributed by atoms with Crippen molar-refractivity contribution in [3.8, 4) is 5.75 Å². The number of anilines is 1. The largest absolute Gasteiger partial charge is 0.496 e. The number of nitrogens with zero attached hydrogens (tertiary/aromatic N) is 1. The van der Waals surface area contributed by atoms with Crippen molar-refractivity contribution in [2.45, 2.75) is 13.3 Å². The van der Waals surface area contributed by atoms with Gasteiger partial charge in [-0.15, -0.1) is 0 Å². The average Bonchev–Trinajstić information content (AvgIpc) is 2.48. The molecule has 0 unspecified atom stereocenters. The summed E-state index contributed by atoms with van der Waals surface area (Å²) in [6, 6.07) is 6.30. The van der Waals surface area contributed by atoms with Crippen LogP contribution in [0.1, 0.15) is 12.5 Å². The molecule has 1 aromatic carbocycles. The summed E-state index contributed by atoms with van der Waals surface area (Å²) in [6.07, 6.45) is 0.988. The minimum absolute atomic E-state index is 0.864. The first-order valence-electron chi connectivity index (χ1n) is 7.04. The number of methoxy groups -OCH3 is 1. The molecule has 4 nitrogen and oxygen atoms in total. The Kier molecular flexibility index (Phi) is 5.48. The lowest BCUT2D eigenvalue weighted by atomic mass is 10.1. The third-order valence-electron chi connectivity index (χ3n) is 3.52. The fourth-order valence-corrected chi connectivity index (χ4v) is 2.35. The molecule has 4 heteroatoms. The van der Waals surface area contributed by atoms with Gasteiger partial charge < -0.3 is 14.8 Å². The maximum absolute atomic E-state index is 5.34. The molecule has 1 aromatic rings. The molecule has 1 fully saturated rings. The van der Waals surface area contributed by atoms with Crippen LogP contribution in [0.4, 0.5) is 5.69 Å². The zero-order valence-corrected chi connectivity index (χ0v) is 11.9. The Morgan fingerprint density at radius 2 is 2.11 bits per heavy atom. The van der Waals surface area contributed by atoms with Crippen LogP contribution in [-0.2, 0) is 11.2 Å². The Hall–Kier alpha value is -1.26. The Morgan fingerprint density at radius 1 is 1.32 bits per heavy atom. The van der Waals surface area contributed by atoms with Crippen molar-refractivity contribution in [3.05, 3.63) is 23.8 Å². The second kappa shape index (κ2) is 7.36. The van der Waals surface area contributed by atoms with E-state index in [1.54, 1.807) is 7.11 Å². The van der Waals surface area contributed by atoms with Gasteiger partial charge >= 0.3 is 0 Å². The molecule has 1 aliphatic rings. The van der Waals surface area contributed by atoms with Crippen LogP contribution >= 0.6 is 0 Å². The molecular formula is C15H24N2O2. The Labute approximate surface area is 115 Å². The van der Waals surface area contributed by atoms with Gasteiger partial charge in [-0.3, -0.25) is 4.90 Å². The van der Waals surface area contributed by atoms with Crippen molar-refractivity contribution in [1.82, 2.24) is 4.90 Å². The van der Waals surface area contributed by atoms with Crippen molar-refractivity contribution in [1.29, 1.82) is 0 Å². The average molecular weight is 264 g/mol. The summed E-state index contributed by atoms with van der Waals surface area (Å²) in [5.41, 5.74) is 2.42. The number of morpholine rings is 1. The number of nitrogens with one attached hydrogen (secondary N) is 1. The van der Waals surface area contributed by atoms with E-state index in [2.05, 4.69) is 29.3 Å². The molecule has 0 bridgehead atoms. The minimum Gasteiger partial charge on any atom is -0.496 e. The van der Waals surface area contributed by atoms with Crippen LogP contribution in [0.3, 0.4) is 0 Å². The summed E-state index contributed by atoms with van der Waals surface area (Å²) < 4.78 is 10.7. The number of hydrogen-bond donors (Lipinski definition) is 1. The molecule has 0 amide bonds. The van der Waals surface area contributed by atoms with Gasteiger partial charge in [0.05, 0.1) is 20.3 Å². The molecule has 106 valence electrons. The fourth-order valence-electron chi connectivity index (χ4n) is 2.35. The van der Waals surface area contributed by atoms with E-state index in [4.69, 9.17) is 9.47 Å². The highest BCUT2D eigenvalue weighted by molar-refractivity contribution is 5.51. The number of aryl methyl sites for hydroxylation is 1. The standard InChI is InChI=1S/C15H24N2O2/c1-3-13-12-14(4-5-15(13)18-2)16-6-7-17-8-10-19-11-9-17/h4-5,12,16H,3,6-11H2,1-2H3. The zero-order chi connectivity index (χ0) is 13.5. The van der Waals surface area contributed by atoms with Gasteiger partial charge in [-0.25, -0.2) is 0 Å². The van der Waals surface area contributed by atoms with Crippen LogP contribution in [0.2, 0.25) is 0 Å². The Balaban J connectivity index is 1.81. The Morgan fingerprint density at radius 3 is 2.79 bits per heavy atom. The topological polar surface area (TPSA) is 33.7 Å². The van der Waals surface area contributed by atoms with E-state index < -0.39 is 0 Å². The highest BCUT2D eigenvalue weighted by Gasteiger charge is 2.09. The molecule has 2 rings (SSSR count). The van der Waals surface area contributed by atoms with Crippen LogP contribution in [0, 0.1) is 0 Å². The van der Waals surface area contributed by atoms with Gasteiger partial charge in [-0.05, 0) is 30.2 Å². The van der Waals surface area contributed by atoms with E-state index in [0.717, 1.165) is 51.6 Å². The van der Waals surface area contributed by atoms with Gasteiger partial charge in [0.15, 0.2) is 0 Å². The summed E-state index contributed by atoms with van der Waals surface area (Å²) in [5, 5.41) is 3.48. The smallest absolute Gasteiger partial charge is 0.122 e. The molecule has 1 saturated heterocycles. The lowest BCUT2D eigenvalue weighted by Gasteiger charge is -2.26. The lowest BCUT2D eigenvalue weighted by Crippen LogP contribution is -2.39. The summed E-state index contributed by atoms with van der Waals surface area (Å²) in [6.45, 7) is 8.00. The van der Waals surface area contributed by atoms with Crippen molar-refractivity contribution in [2.75, 3.05) is 51.8 Å². The summed E-state index contributed by atoms with van der Waals surface area (Å²) in [4.78, 5) is 2.43. The van der Waals surface area contributed by atoms with Gasteiger partial charge in [0, 0.05) is 31.9 Å². The molecule has 0 aromatic heterocycles. The maximum Gasteiger partial charge on any atom is 0.122 e. The lowest BCUT2D eigenvalue weighted by molar-refractivity contribution is 0.0398. The fraction of sp³-hybridized carbons (Fsp3) is 0.600. The first-order chi connectivity index (χ1) is 9.33. The zero-order valence-electron chi connectivity index (χ0n) is 11.9. The highest BCUT2D eigenvalue weighted by Crippen LogP contribution is 2.22. The van der Waals surface area contributed by atoms with Crippen molar-refractivity contribution >= 4 is 5.69 Å². The van der Waals surface area contributed by atoms with Gasteiger partial charge in [0.1, 0.15) is 5.75 Å². The molecule has 0 spiro atoms. The third kappa shape index (κ3) is 4.11. The van der Waals surface area contributed by atoms with E-state index in [9.17, 15) is 0 Å². The molecule has 1 N–H and O–H groups in total. The van der Waals surface area contributed by atoms with E-state index in [1.807, 2.05) is 6.07 Å². The second-order valence-corrected chi connectivity index (χ2v) is 4.76. The van der Waals surface area contributed by atoms with Crippen LogP contribution < -0.4 is 10.1 Å². The molecule has 0 atom stereocenters. The monoisotopic (exact) mass is 264 g/mol. The van der Waals surface area contributed by atoms with Crippen LogP contribution in [-0.4, -0.2) is 51.4 Å². The molecule has 1 aliphatic heterocycles.